The molecule has 0 amide bonds. The minimum absolute atomic E-state index is 0.00704. The summed E-state index contributed by atoms with van der Waals surface area (Å²) in [5.41, 5.74) is 1.00. The number of aliphatic carboxylic acids is 1. The number of carboxylic acids is 1. The van der Waals surface area contributed by atoms with Crippen LogP contribution in [0, 0.1) is 0 Å². The number of carboxylic acid groups (broad SMARTS) is 1. The number of halogens is 1. The molecule has 5 heteroatoms. The number of Topliss-reactive ketones (excluding diaryl/α,β-unsaturated/α-hetero) is 1. The fourth-order valence-corrected chi connectivity index (χ4v) is 2.47. The van der Waals surface area contributed by atoms with Gasteiger partial charge in [-0.1, -0.05) is 28.1 Å². The minimum atomic E-state index is -0.925. The molecule has 1 aromatic rings. The number of hydrogen-bond acceptors (Lipinski definition) is 3. The topological polar surface area (TPSA) is 57.6 Å². The van der Waals surface area contributed by atoms with Crippen LogP contribution in [-0.4, -0.2) is 34.3 Å². The van der Waals surface area contributed by atoms with Crippen molar-refractivity contribution in [3.63, 3.8) is 0 Å². The Balaban J connectivity index is 2.12. The average Bonchev–Trinajstić information content (AvgIpc) is 2.59. The zero-order valence-electron chi connectivity index (χ0n) is 9.10. The molecule has 1 heterocycles. The summed E-state index contributed by atoms with van der Waals surface area (Å²) in [6.07, 6.45) is 0.114. The highest BCUT2D eigenvalue weighted by atomic mass is 79.9. The van der Waals surface area contributed by atoms with Crippen molar-refractivity contribution in [1.82, 2.24) is 4.90 Å². The molecule has 0 saturated carbocycles. The van der Waals surface area contributed by atoms with Crippen LogP contribution in [-0.2, 0) is 16.1 Å². The van der Waals surface area contributed by atoms with Crippen LogP contribution >= 0.6 is 15.9 Å². The maximum absolute atomic E-state index is 11.3. The molecule has 0 radical (unpaired) electrons. The first-order valence-corrected chi connectivity index (χ1v) is 6.08. The maximum atomic E-state index is 11.3. The van der Waals surface area contributed by atoms with Gasteiger partial charge in [-0.25, -0.2) is 0 Å². The van der Waals surface area contributed by atoms with Crippen molar-refractivity contribution >= 4 is 27.7 Å². The Bertz CT molecular complexity index is 461. The average molecular weight is 298 g/mol. The summed E-state index contributed by atoms with van der Waals surface area (Å²) in [5.74, 6) is -0.932. The Morgan fingerprint density at radius 3 is 2.94 bits per heavy atom. The lowest BCUT2D eigenvalue weighted by atomic mass is 10.2. The smallest absolute Gasteiger partial charge is 0.321 e. The molecule has 0 aliphatic carbocycles. The molecular formula is C12H12BrNO3. The molecule has 0 bridgehead atoms. The standard InChI is InChI=1S/C12H12BrNO3/c13-9-3-1-2-8(4-9)6-14-7-10(15)5-11(14)12(16)17/h1-4,11H,5-7H2,(H,16,17). The van der Waals surface area contributed by atoms with Gasteiger partial charge in [-0.15, -0.1) is 0 Å². The Morgan fingerprint density at radius 1 is 1.53 bits per heavy atom. The number of nitrogens with zero attached hydrogens (tertiary/aromatic N) is 1. The van der Waals surface area contributed by atoms with E-state index in [-0.39, 0.29) is 18.7 Å². The van der Waals surface area contributed by atoms with Gasteiger partial charge in [-0.05, 0) is 17.7 Å². The highest BCUT2D eigenvalue weighted by Crippen LogP contribution is 2.20. The lowest BCUT2D eigenvalue weighted by molar-refractivity contribution is -0.142. The van der Waals surface area contributed by atoms with Crippen molar-refractivity contribution in [2.45, 2.75) is 19.0 Å². The number of carbonyl (C=O) groups is 2. The largest absolute Gasteiger partial charge is 0.480 e. The molecular weight excluding hydrogens is 286 g/mol. The molecule has 1 saturated heterocycles. The fraction of sp³-hybridized carbons (Fsp3) is 0.333. The van der Waals surface area contributed by atoms with Crippen LogP contribution < -0.4 is 0 Å². The Hall–Kier alpha value is -1.20. The van der Waals surface area contributed by atoms with Gasteiger partial charge in [0.15, 0.2) is 0 Å². The van der Waals surface area contributed by atoms with Gasteiger partial charge in [0.25, 0.3) is 0 Å². The Morgan fingerprint density at radius 2 is 2.29 bits per heavy atom. The molecule has 1 aromatic carbocycles. The van der Waals surface area contributed by atoms with Gasteiger partial charge >= 0.3 is 5.97 Å². The van der Waals surface area contributed by atoms with Crippen LogP contribution in [0.4, 0.5) is 0 Å². The van der Waals surface area contributed by atoms with Gasteiger partial charge in [0.05, 0.1) is 6.54 Å². The monoisotopic (exact) mass is 297 g/mol. The number of benzene rings is 1. The number of ketones is 1. The van der Waals surface area contributed by atoms with Gasteiger partial charge in [-0.3, -0.25) is 14.5 Å². The molecule has 1 atom stereocenters. The van der Waals surface area contributed by atoms with Crippen LogP contribution in [0.3, 0.4) is 0 Å². The number of rotatable bonds is 3. The van der Waals surface area contributed by atoms with Crippen LogP contribution in [0.1, 0.15) is 12.0 Å². The van der Waals surface area contributed by atoms with E-state index in [1.165, 1.54) is 0 Å². The highest BCUT2D eigenvalue weighted by Gasteiger charge is 2.35. The van der Waals surface area contributed by atoms with Gasteiger partial charge in [0.2, 0.25) is 0 Å². The van der Waals surface area contributed by atoms with Crippen LogP contribution in [0.2, 0.25) is 0 Å². The predicted molar refractivity (Wildman–Crippen MR) is 65.6 cm³/mol. The van der Waals surface area contributed by atoms with Crippen LogP contribution in [0.25, 0.3) is 0 Å². The summed E-state index contributed by atoms with van der Waals surface area (Å²) in [7, 11) is 0. The third-order valence-electron chi connectivity index (χ3n) is 2.80. The van der Waals surface area contributed by atoms with Crippen molar-refractivity contribution in [1.29, 1.82) is 0 Å². The van der Waals surface area contributed by atoms with E-state index in [9.17, 15) is 9.59 Å². The summed E-state index contributed by atoms with van der Waals surface area (Å²) in [5, 5.41) is 9.03. The predicted octanol–water partition coefficient (Wildman–Crippen LogP) is 1.68. The first-order chi connectivity index (χ1) is 8.06. The summed E-state index contributed by atoms with van der Waals surface area (Å²) >= 11 is 3.37. The lowest BCUT2D eigenvalue weighted by Crippen LogP contribution is -2.35. The van der Waals surface area contributed by atoms with Crippen LogP contribution in [0.15, 0.2) is 28.7 Å². The summed E-state index contributed by atoms with van der Waals surface area (Å²) < 4.78 is 0.951. The SMILES string of the molecule is O=C1CC(C(=O)O)N(Cc2cccc(Br)c2)C1. The first kappa shape index (κ1) is 12.3. The quantitative estimate of drug-likeness (QED) is 0.922. The number of carbonyl (C=O) groups excluding carboxylic acids is 1. The third kappa shape index (κ3) is 2.92. The molecule has 90 valence electrons. The second kappa shape index (κ2) is 4.98. The van der Waals surface area contributed by atoms with Crippen molar-refractivity contribution in [2.75, 3.05) is 6.54 Å². The van der Waals surface area contributed by atoms with E-state index in [2.05, 4.69) is 15.9 Å². The summed E-state index contributed by atoms with van der Waals surface area (Å²) in [4.78, 5) is 24.0. The summed E-state index contributed by atoms with van der Waals surface area (Å²) in [6.45, 7) is 0.714. The van der Waals surface area contributed by atoms with E-state index in [0.717, 1.165) is 10.0 Å². The Labute approximate surface area is 107 Å². The van der Waals surface area contributed by atoms with Gasteiger partial charge in [-0.2, -0.15) is 0 Å². The van der Waals surface area contributed by atoms with E-state index >= 15 is 0 Å². The number of hydrogen-bond donors (Lipinski definition) is 1. The molecule has 0 spiro atoms. The van der Waals surface area contributed by atoms with Crippen molar-refractivity contribution < 1.29 is 14.7 Å². The molecule has 4 nitrogen and oxygen atoms in total. The van der Waals surface area contributed by atoms with E-state index in [1.807, 2.05) is 24.3 Å². The number of likely N-dealkylation sites (tertiary alicyclic amines) is 1. The van der Waals surface area contributed by atoms with E-state index in [1.54, 1.807) is 4.90 Å². The molecule has 2 rings (SSSR count). The normalized spacial score (nSPS) is 20.8. The molecule has 1 aliphatic heterocycles. The molecule has 1 fully saturated rings. The van der Waals surface area contributed by atoms with Crippen molar-refractivity contribution in [3.8, 4) is 0 Å². The van der Waals surface area contributed by atoms with E-state index < -0.39 is 12.0 Å². The van der Waals surface area contributed by atoms with Gasteiger partial charge in [0, 0.05) is 17.4 Å². The molecule has 1 unspecified atom stereocenters. The zero-order valence-corrected chi connectivity index (χ0v) is 10.7. The zero-order chi connectivity index (χ0) is 12.4. The molecule has 0 aromatic heterocycles. The Kier molecular flexibility index (Phi) is 3.59. The molecule has 17 heavy (non-hydrogen) atoms. The van der Waals surface area contributed by atoms with Crippen LogP contribution in [0.5, 0.6) is 0 Å². The maximum Gasteiger partial charge on any atom is 0.321 e. The molecule has 1 aliphatic rings. The first-order valence-electron chi connectivity index (χ1n) is 5.29. The second-order valence-electron chi connectivity index (χ2n) is 4.13. The van der Waals surface area contributed by atoms with Crippen molar-refractivity contribution in [3.05, 3.63) is 34.3 Å². The molecule has 1 N–H and O–H groups in total. The lowest BCUT2D eigenvalue weighted by Gasteiger charge is -2.19. The van der Waals surface area contributed by atoms with Gasteiger partial charge in [0.1, 0.15) is 11.8 Å². The highest BCUT2D eigenvalue weighted by molar-refractivity contribution is 9.10. The van der Waals surface area contributed by atoms with Gasteiger partial charge < -0.3 is 5.11 Å². The second-order valence-corrected chi connectivity index (χ2v) is 5.05. The fourth-order valence-electron chi connectivity index (χ4n) is 2.03. The minimum Gasteiger partial charge on any atom is -0.480 e. The van der Waals surface area contributed by atoms with Crippen molar-refractivity contribution in [2.24, 2.45) is 0 Å². The van der Waals surface area contributed by atoms with E-state index in [0.29, 0.717) is 6.54 Å². The third-order valence-corrected chi connectivity index (χ3v) is 3.29. The summed E-state index contributed by atoms with van der Waals surface area (Å²) in [6, 6.07) is 6.98. The van der Waals surface area contributed by atoms with E-state index in [4.69, 9.17) is 5.11 Å².